The molecule has 0 spiro atoms. The molecule has 5 aromatic rings. The van der Waals surface area contributed by atoms with Crippen molar-refractivity contribution in [2.45, 2.75) is 0 Å². The zero-order valence-corrected chi connectivity index (χ0v) is 13.7. The van der Waals surface area contributed by atoms with Gasteiger partial charge in [0, 0.05) is 16.6 Å². The lowest BCUT2D eigenvalue weighted by atomic mass is 9.93. The van der Waals surface area contributed by atoms with E-state index in [1.54, 1.807) is 0 Å². The fraction of sp³-hybridized carbons (Fsp3) is 0. The first-order valence-corrected chi connectivity index (χ1v) is 8.51. The Morgan fingerprint density at radius 3 is 1.88 bits per heavy atom. The molecule has 0 aliphatic heterocycles. The minimum absolute atomic E-state index is 0.847. The highest BCUT2D eigenvalue weighted by atomic mass is 14.6. The molecule has 5 aromatic carbocycles. The van der Waals surface area contributed by atoms with Crippen molar-refractivity contribution in [1.29, 1.82) is 0 Å². The van der Waals surface area contributed by atoms with Gasteiger partial charge >= 0.3 is 0 Å². The van der Waals surface area contributed by atoms with Crippen LogP contribution >= 0.6 is 0 Å². The number of hydrogen-bond donors (Lipinski definition) is 1. The fourth-order valence-corrected chi connectivity index (χ4v) is 3.81. The van der Waals surface area contributed by atoms with Crippen molar-refractivity contribution in [2.24, 2.45) is 0 Å². The highest BCUT2D eigenvalue weighted by Crippen LogP contribution is 2.38. The Labute approximate surface area is 146 Å². The number of fused-ring (bicyclic) bond motifs is 4. The third-order valence-corrected chi connectivity index (χ3v) is 5.05. The first kappa shape index (κ1) is 14.1. The topological polar surface area (TPSA) is 26.0 Å². The predicted molar refractivity (Wildman–Crippen MR) is 109 cm³/mol. The van der Waals surface area contributed by atoms with Crippen LogP contribution in [0.1, 0.15) is 0 Å². The molecule has 5 rings (SSSR count). The number of nitrogens with two attached hydrogens (primary N) is 1. The highest BCUT2D eigenvalue weighted by Gasteiger charge is 2.11. The van der Waals surface area contributed by atoms with E-state index < -0.39 is 0 Å². The molecule has 118 valence electrons. The number of nitrogen functional groups attached to an aromatic ring is 1. The smallest absolute Gasteiger partial charge is 0.0473 e. The third kappa shape index (κ3) is 2.10. The quantitative estimate of drug-likeness (QED) is 0.281. The summed E-state index contributed by atoms with van der Waals surface area (Å²) in [7, 11) is 0. The maximum atomic E-state index is 6.63. The second-order valence-corrected chi connectivity index (χ2v) is 6.44. The molecule has 0 saturated heterocycles. The lowest BCUT2D eigenvalue weighted by molar-refractivity contribution is 1.67. The molecule has 0 atom stereocenters. The van der Waals surface area contributed by atoms with Crippen molar-refractivity contribution in [3.63, 3.8) is 0 Å². The Morgan fingerprint density at radius 1 is 0.400 bits per heavy atom. The molecule has 0 heterocycles. The summed E-state index contributed by atoms with van der Waals surface area (Å²) < 4.78 is 0. The summed E-state index contributed by atoms with van der Waals surface area (Å²) in [5.41, 5.74) is 9.76. The van der Waals surface area contributed by atoms with Crippen molar-refractivity contribution in [3.8, 4) is 11.1 Å². The van der Waals surface area contributed by atoms with Gasteiger partial charge in [0.25, 0.3) is 0 Å². The van der Waals surface area contributed by atoms with Crippen molar-refractivity contribution in [1.82, 2.24) is 0 Å². The van der Waals surface area contributed by atoms with Crippen LogP contribution in [0.3, 0.4) is 0 Å². The molecule has 2 N–H and O–H groups in total. The average molecular weight is 319 g/mol. The van der Waals surface area contributed by atoms with Crippen molar-refractivity contribution < 1.29 is 0 Å². The molecule has 0 aliphatic carbocycles. The van der Waals surface area contributed by atoms with Gasteiger partial charge in [-0.05, 0) is 32.5 Å². The molecular weight excluding hydrogens is 302 g/mol. The number of anilines is 1. The van der Waals surface area contributed by atoms with E-state index in [2.05, 4.69) is 91.0 Å². The molecule has 0 fully saturated rings. The van der Waals surface area contributed by atoms with Gasteiger partial charge in [0.05, 0.1) is 0 Å². The molecule has 0 aromatic heterocycles. The standard InChI is InChI=1S/C24H17N/c25-24-22-13-12-17-7-2-4-10-19(17)21(22)14-15-23(24)20-11-5-8-16-6-1-3-9-18(16)20/h1-15H,25H2. The van der Waals surface area contributed by atoms with Crippen molar-refractivity contribution >= 4 is 38.0 Å². The molecular formula is C24H17N. The summed E-state index contributed by atoms with van der Waals surface area (Å²) in [4.78, 5) is 0. The van der Waals surface area contributed by atoms with Crippen LogP contribution in [0.2, 0.25) is 0 Å². The monoisotopic (exact) mass is 319 g/mol. The van der Waals surface area contributed by atoms with Crippen LogP contribution in [0, 0.1) is 0 Å². The van der Waals surface area contributed by atoms with E-state index in [4.69, 9.17) is 5.73 Å². The Hall–Kier alpha value is -3.32. The number of benzene rings is 5. The number of hydrogen-bond acceptors (Lipinski definition) is 1. The summed E-state index contributed by atoms with van der Waals surface area (Å²) in [5, 5.41) is 7.28. The van der Waals surface area contributed by atoms with Crippen molar-refractivity contribution in [3.05, 3.63) is 91.0 Å². The van der Waals surface area contributed by atoms with E-state index in [-0.39, 0.29) is 0 Å². The maximum Gasteiger partial charge on any atom is 0.0473 e. The molecule has 0 bridgehead atoms. The van der Waals surface area contributed by atoms with Gasteiger partial charge in [-0.2, -0.15) is 0 Å². The van der Waals surface area contributed by atoms with E-state index in [0.29, 0.717) is 0 Å². The van der Waals surface area contributed by atoms with Gasteiger partial charge in [0.15, 0.2) is 0 Å². The van der Waals surface area contributed by atoms with Gasteiger partial charge in [0.2, 0.25) is 0 Å². The zero-order valence-electron chi connectivity index (χ0n) is 13.7. The van der Waals surface area contributed by atoms with Crippen LogP contribution in [0.4, 0.5) is 5.69 Å². The van der Waals surface area contributed by atoms with E-state index in [1.165, 1.54) is 32.5 Å². The van der Waals surface area contributed by atoms with Crippen LogP contribution in [0.5, 0.6) is 0 Å². The SMILES string of the molecule is Nc1c(-c2cccc3ccccc23)ccc2c1ccc1ccccc12. The third-order valence-electron chi connectivity index (χ3n) is 5.05. The molecule has 1 nitrogen and oxygen atoms in total. The Bertz CT molecular complexity index is 1250. The van der Waals surface area contributed by atoms with E-state index in [0.717, 1.165) is 16.6 Å². The number of rotatable bonds is 1. The molecule has 1 heteroatoms. The van der Waals surface area contributed by atoms with Gasteiger partial charge in [-0.1, -0.05) is 91.0 Å². The van der Waals surface area contributed by atoms with Gasteiger partial charge < -0.3 is 5.73 Å². The minimum atomic E-state index is 0.847. The van der Waals surface area contributed by atoms with Crippen LogP contribution in [0.15, 0.2) is 91.0 Å². The fourth-order valence-electron chi connectivity index (χ4n) is 3.81. The molecule has 0 amide bonds. The van der Waals surface area contributed by atoms with E-state index in [9.17, 15) is 0 Å². The second kappa shape index (κ2) is 5.35. The summed E-state index contributed by atoms with van der Waals surface area (Å²) in [6.07, 6.45) is 0. The largest absolute Gasteiger partial charge is 0.398 e. The lowest BCUT2D eigenvalue weighted by Gasteiger charge is -2.13. The second-order valence-electron chi connectivity index (χ2n) is 6.44. The highest BCUT2D eigenvalue weighted by molar-refractivity contribution is 6.14. The molecule has 25 heavy (non-hydrogen) atoms. The maximum absolute atomic E-state index is 6.63. The first-order valence-electron chi connectivity index (χ1n) is 8.51. The van der Waals surface area contributed by atoms with E-state index in [1.807, 2.05) is 0 Å². The van der Waals surface area contributed by atoms with Crippen LogP contribution in [0.25, 0.3) is 43.4 Å². The van der Waals surface area contributed by atoms with Gasteiger partial charge in [0.1, 0.15) is 0 Å². The Balaban J connectivity index is 1.85. The molecule has 0 radical (unpaired) electrons. The Kier molecular flexibility index (Phi) is 3.01. The summed E-state index contributed by atoms with van der Waals surface area (Å²) in [6.45, 7) is 0. The molecule has 0 aliphatic rings. The average Bonchev–Trinajstić information content (AvgIpc) is 2.68. The normalized spacial score (nSPS) is 11.4. The predicted octanol–water partition coefficient (Wildman–Crippen LogP) is 6.40. The first-order chi connectivity index (χ1) is 12.3. The van der Waals surface area contributed by atoms with Crippen LogP contribution in [-0.2, 0) is 0 Å². The lowest BCUT2D eigenvalue weighted by Crippen LogP contribution is -1.93. The summed E-state index contributed by atoms with van der Waals surface area (Å²) in [6, 6.07) is 32.0. The summed E-state index contributed by atoms with van der Waals surface area (Å²) in [5.74, 6) is 0. The molecule has 0 unspecified atom stereocenters. The summed E-state index contributed by atoms with van der Waals surface area (Å²) >= 11 is 0. The van der Waals surface area contributed by atoms with Gasteiger partial charge in [-0.3, -0.25) is 0 Å². The van der Waals surface area contributed by atoms with Gasteiger partial charge in [-0.25, -0.2) is 0 Å². The molecule has 0 saturated carbocycles. The minimum Gasteiger partial charge on any atom is -0.398 e. The van der Waals surface area contributed by atoms with E-state index >= 15 is 0 Å². The van der Waals surface area contributed by atoms with Gasteiger partial charge in [-0.15, -0.1) is 0 Å². The van der Waals surface area contributed by atoms with Crippen LogP contribution < -0.4 is 5.73 Å². The van der Waals surface area contributed by atoms with Crippen molar-refractivity contribution in [2.75, 3.05) is 5.73 Å². The van der Waals surface area contributed by atoms with Crippen LogP contribution in [-0.4, -0.2) is 0 Å². The zero-order chi connectivity index (χ0) is 16.8. The Morgan fingerprint density at radius 2 is 1.04 bits per heavy atom.